The Balaban J connectivity index is 1.42. The van der Waals surface area contributed by atoms with Crippen molar-refractivity contribution in [2.75, 3.05) is 43.4 Å². The number of pyridine rings is 1. The van der Waals surface area contributed by atoms with Crippen molar-refractivity contribution in [2.24, 2.45) is 0 Å². The van der Waals surface area contributed by atoms with Gasteiger partial charge in [-0.15, -0.1) is 11.3 Å². The fraction of sp³-hybridized carbons (Fsp3) is 0.500. The highest BCUT2D eigenvalue weighted by Crippen LogP contribution is 2.21. The van der Waals surface area contributed by atoms with Crippen LogP contribution < -0.4 is 10.6 Å². The second kappa shape index (κ2) is 7.07. The van der Waals surface area contributed by atoms with E-state index in [0.717, 1.165) is 50.7 Å². The number of piperazine rings is 1. The summed E-state index contributed by atoms with van der Waals surface area (Å²) in [6, 6.07) is 6.11. The molecule has 2 N–H and O–H groups in total. The van der Waals surface area contributed by atoms with Crippen LogP contribution in [0.4, 0.5) is 10.9 Å². The molecule has 118 valence electrons. The Morgan fingerprint density at radius 1 is 1.23 bits per heavy atom. The smallest absolute Gasteiger partial charge is 0.180 e. The standard InChI is InChI=1S/C16H23N5S/c1-13-14(22-16(17)19-13)5-4-8-20-9-11-21(12-10-20)15-6-2-3-7-18-15/h2-3,6-7H,4-5,8-12H2,1H3,(H2,17,19). The molecule has 1 fully saturated rings. The summed E-state index contributed by atoms with van der Waals surface area (Å²) >= 11 is 1.63. The third-order valence-corrected chi connectivity index (χ3v) is 5.18. The van der Waals surface area contributed by atoms with Crippen LogP contribution in [0, 0.1) is 6.92 Å². The number of nitrogens with zero attached hydrogens (tertiary/aromatic N) is 4. The van der Waals surface area contributed by atoms with Gasteiger partial charge in [0.25, 0.3) is 0 Å². The zero-order chi connectivity index (χ0) is 15.4. The zero-order valence-electron chi connectivity index (χ0n) is 13.0. The fourth-order valence-corrected chi connectivity index (χ4v) is 3.76. The van der Waals surface area contributed by atoms with Crippen molar-refractivity contribution in [2.45, 2.75) is 19.8 Å². The minimum absolute atomic E-state index is 0.691. The molecule has 3 rings (SSSR count). The van der Waals surface area contributed by atoms with Crippen molar-refractivity contribution in [3.05, 3.63) is 35.0 Å². The molecule has 0 amide bonds. The van der Waals surface area contributed by atoms with Gasteiger partial charge >= 0.3 is 0 Å². The van der Waals surface area contributed by atoms with Gasteiger partial charge in [-0.05, 0) is 38.4 Å². The summed E-state index contributed by atoms with van der Waals surface area (Å²) in [7, 11) is 0. The lowest BCUT2D eigenvalue weighted by Gasteiger charge is -2.35. The molecule has 2 aromatic heterocycles. The van der Waals surface area contributed by atoms with E-state index >= 15 is 0 Å². The quantitative estimate of drug-likeness (QED) is 0.916. The van der Waals surface area contributed by atoms with Crippen LogP contribution in [-0.4, -0.2) is 47.6 Å². The van der Waals surface area contributed by atoms with Crippen LogP contribution in [0.1, 0.15) is 17.0 Å². The van der Waals surface area contributed by atoms with E-state index in [0.29, 0.717) is 5.13 Å². The lowest BCUT2D eigenvalue weighted by Crippen LogP contribution is -2.46. The minimum Gasteiger partial charge on any atom is -0.375 e. The van der Waals surface area contributed by atoms with Crippen LogP contribution in [0.2, 0.25) is 0 Å². The SMILES string of the molecule is Cc1nc(N)sc1CCCN1CCN(c2ccccn2)CC1. The Morgan fingerprint density at radius 3 is 2.68 bits per heavy atom. The highest BCUT2D eigenvalue weighted by molar-refractivity contribution is 7.15. The molecule has 0 aromatic carbocycles. The number of hydrogen-bond acceptors (Lipinski definition) is 6. The van der Waals surface area contributed by atoms with Gasteiger partial charge in [0.1, 0.15) is 5.82 Å². The predicted molar refractivity (Wildman–Crippen MR) is 92.5 cm³/mol. The number of thiazole rings is 1. The number of rotatable bonds is 5. The summed E-state index contributed by atoms with van der Waals surface area (Å²) in [5, 5.41) is 0.691. The molecule has 0 radical (unpaired) electrons. The van der Waals surface area contributed by atoms with E-state index in [1.165, 1.54) is 11.3 Å². The lowest BCUT2D eigenvalue weighted by atomic mass is 10.2. The van der Waals surface area contributed by atoms with E-state index in [4.69, 9.17) is 5.73 Å². The molecule has 1 saturated heterocycles. The minimum atomic E-state index is 0.691. The molecule has 0 spiro atoms. The molecule has 0 bridgehead atoms. The van der Waals surface area contributed by atoms with E-state index in [2.05, 4.69) is 31.9 Å². The van der Waals surface area contributed by atoms with Crippen molar-refractivity contribution in [1.82, 2.24) is 14.9 Å². The maximum absolute atomic E-state index is 5.75. The number of aryl methyl sites for hydroxylation is 2. The Bertz CT molecular complexity index is 590. The number of aromatic nitrogens is 2. The van der Waals surface area contributed by atoms with E-state index < -0.39 is 0 Å². The summed E-state index contributed by atoms with van der Waals surface area (Å²) in [5.74, 6) is 1.10. The Morgan fingerprint density at radius 2 is 2.05 bits per heavy atom. The largest absolute Gasteiger partial charge is 0.375 e. The van der Waals surface area contributed by atoms with Gasteiger partial charge in [0, 0.05) is 37.3 Å². The van der Waals surface area contributed by atoms with Crippen LogP contribution in [0.25, 0.3) is 0 Å². The number of anilines is 2. The molecule has 22 heavy (non-hydrogen) atoms. The Labute approximate surface area is 135 Å². The first-order valence-corrected chi connectivity index (χ1v) is 8.64. The molecule has 1 aliphatic heterocycles. The van der Waals surface area contributed by atoms with Gasteiger partial charge in [-0.2, -0.15) is 0 Å². The number of nitrogens with two attached hydrogens (primary N) is 1. The van der Waals surface area contributed by atoms with Gasteiger partial charge in [-0.3, -0.25) is 4.90 Å². The summed E-state index contributed by atoms with van der Waals surface area (Å²) < 4.78 is 0. The van der Waals surface area contributed by atoms with Crippen molar-refractivity contribution >= 4 is 22.3 Å². The zero-order valence-corrected chi connectivity index (χ0v) is 13.9. The molecule has 0 atom stereocenters. The molecular formula is C16H23N5S. The highest BCUT2D eigenvalue weighted by atomic mass is 32.1. The first-order chi connectivity index (χ1) is 10.7. The maximum Gasteiger partial charge on any atom is 0.180 e. The van der Waals surface area contributed by atoms with Crippen LogP contribution in [-0.2, 0) is 6.42 Å². The highest BCUT2D eigenvalue weighted by Gasteiger charge is 2.17. The third-order valence-electron chi connectivity index (χ3n) is 4.13. The monoisotopic (exact) mass is 317 g/mol. The molecule has 0 aliphatic carbocycles. The van der Waals surface area contributed by atoms with Crippen molar-refractivity contribution in [3.8, 4) is 0 Å². The molecule has 3 heterocycles. The number of nitrogen functional groups attached to an aromatic ring is 1. The van der Waals surface area contributed by atoms with E-state index in [-0.39, 0.29) is 0 Å². The summed E-state index contributed by atoms with van der Waals surface area (Å²) in [4.78, 5) is 15.0. The van der Waals surface area contributed by atoms with Gasteiger partial charge in [0.15, 0.2) is 5.13 Å². The van der Waals surface area contributed by atoms with Crippen molar-refractivity contribution in [3.63, 3.8) is 0 Å². The summed E-state index contributed by atoms with van der Waals surface area (Å²) in [6.45, 7) is 7.54. The molecule has 0 saturated carbocycles. The van der Waals surface area contributed by atoms with E-state index in [9.17, 15) is 0 Å². The topological polar surface area (TPSA) is 58.3 Å². The third kappa shape index (κ3) is 3.75. The van der Waals surface area contributed by atoms with Crippen LogP contribution in [0.5, 0.6) is 0 Å². The second-order valence-electron chi connectivity index (χ2n) is 5.68. The molecule has 1 aliphatic rings. The Hall–Kier alpha value is -1.66. The van der Waals surface area contributed by atoms with E-state index in [1.807, 2.05) is 19.2 Å². The first-order valence-electron chi connectivity index (χ1n) is 7.82. The maximum atomic E-state index is 5.75. The van der Waals surface area contributed by atoms with Gasteiger partial charge in [-0.25, -0.2) is 9.97 Å². The molecular weight excluding hydrogens is 294 g/mol. The van der Waals surface area contributed by atoms with Crippen LogP contribution in [0.15, 0.2) is 24.4 Å². The van der Waals surface area contributed by atoms with Crippen molar-refractivity contribution in [1.29, 1.82) is 0 Å². The molecule has 6 heteroatoms. The van der Waals surface area contributed by atoms with Gasteiger partial charge in [0.05, 0.1) is 5.69 Å². The van der Waals surface area contributed by atoms with Crippen LogP contribution >= 0.6 is 11.3 Å². The van der Waals surface area contributed by atoms with Gasteiger partial charge in [0.2, 0.25) is 0 Å². The predicted octanol–water partition coefficient (Wildman–Crippen LogP) is 2.18. The fourth-order valence-electron chi connectivity index (χ4n) is 2.89. The molecule has 5 nitrogen and oxygen atoms in total. The second-order valence-corrected chi connectivity index (χ2v) is 6.80. The first kappa shape index (κ1) is 15.2. The normalized spacial score (nSPS) is 16.1. The van der Waals surface area contributed by atoms with Crippen molar-refractivity contribution < 1.29 is 0 Å². The molecule has 0 unspecified atom stereocenters. The van der Waals surface area contributed by atoms with E-state index in [1.54, 1.807) is 11.3 Å². The average molecular weight is 317 g/mol. The summed E-state index contributed by atoms with van der Waals surface area (Å²) in [5.41, 5.74) is 6.85. The average Bonchev–Trinajstić information content (AvgIpc) is 2.87. The summed E-state index contributed by atoms with van der Waals surface area (Å²) in [6.07, 6.45) is 4.12. The molecule has 2 aromatic rings. The number of hydrogen-bond donors (Lipinski definition) is 1. The lowest BCUT2D eigenvalue weighted by molar-refractivity contribution is 0.254. The van der Waals surface area contributed by atoms with Gasteiger partial charge < -0.3 is 10.6 Å². The Kier molecular flexibility index (Phi) is 4.90. The van der Waals surface area contributed by atoms with Gasteiger partial charge in [-0.1, -0.05) is 6.07 Å². The van der Waals surface area contributed by atoms with Crippen LogP contribution in [0.3, 0.4) is 0 Å².